The fraction of sp³-hybridized carbons (Fsp3) is 0.250. The molecule has 4 rings (SSSR count). The van der Waals surface area contributed by atoms with E-state index in [1.54, 1.807) is 10.7 Å². The standard InChI is InChI=1S/C24H29FN9OP/c1-6-7-17-12-16(8-10-20(17)33(4)5)15-34-24-23(31-32-34)28-14-22(30-24)29-18-9-11-21(19(25)13-18)36(35,26-2)27-3/h6-14H,15H2,1-5H3,(H,29,30)(H2,26,27,35)/b7-6-. The molecule has 0 bridgehead atoms. The topological polar surface area (TPSA) is 113 Å². The second-order valence-corrected chi connectivity index (χ2v) is 10.9. The lowest BCUT2D eigenvalue weighted by atomic mass is 10.1. The molecule has 0 saturated carbocycles. The van der Waals surface area contributed by atoms with Crippen LogP contribution in [0.25, 0.3) is 17.4 Å². The number of fused-ring (bicyclic) bond motifs is 1. The minimum atomic E-state index is -3.21. The molecule has 0 unspecified atom stereocenters. The van der Waals surface area contributed by atoms with Crippen molar-refractivity contribution < 1.29 is 8.96 Å². The number of rotatable bonds is 9. The average molecular weight is 510 g/mol. The minimum Gasteiger partial charge on any atom is -0.377 e. The summed E-state index contributed by atoms with van der Waals surface area (Å²) in [5.74, 6) is -0.202. The number of nitrogens with zero attached hydrogens (tertiary/aromatic N) is 6. The lowest BCUT2D eigenvalue weighted by molar-refractivity contribution is 0.566. The van der Waals surface area contributed by atoms with Gasteiger partial charge in [-0.1, -0.05) is 23.4 Å². The fourth-order valence-electron chi connectivity index (χ4n) is 3.86. The molecular formula is C24H29FN9OP. The molecule has 0 aliphatic rings. The summed E-state index contributed by atoms with van der Waals surface area (Å²) in [6.45, 7) is 2.44. The molecule has 3 N–H and O–H groups in total. The van der Waals surface area contributed by atoms with Crippen LogP contribution in [0.4, 0.5) is 21.6 Å². The van der Waals surface area contributed by atoms with Crippen molar-refractivity contribution in [2.24, 2.45) is 0 Å². The number of aromatic nitrogens is 5. The molecule has 0 amide bonds. The van der Waals surface area contributed by atoms with Crippen molar-refractivity contribution in [2.75, 3.05) is 38.4 Å². The Kier molecular flexibility index (Phi) is 7.44. The number of hydrogen-bond acceptors (Lipinski definition) is 7. The Morgan fingerprint density at radius 2 is 1.92 bits per heavy atom. The summed E-state index contributed by atoms with van der Waals surface area (Å²) >= 11 is 0. The summed E-state index contributed by atoms with van der Waals surface area (Å²) in [4.78, 5) is 11.0. The largest absolute Gasteiger partial charge is 0.377 e. The van der Waals surface area contributed by atoms with Crippen molar-refractivity contribution in [3.63, 3.8) is 0 Å². The number of benzene rings is 2. The molecule has 0 atom stereocenters. The molecule has 2 aromatic carbocycles. The molecule has 0 radical (unpaired) electrons. The molecule has 36 heavy (non-hydrogen) atoms. The Bertz CT molecular complexity index is 1460. The van der Waals surface area contributed by atoms with Crippen molar-refractivity contribution in [2.45, 2.75) is 13.5 Å². The third-order valence-electron chi connectivity index (χ3n) is 5.67. The van der Waals surface area contributed by atoms with Crippen LogP contribution < -0.4 is 25.7 Å². The zero-order valence-electron chi connectivity index (χ0n) is 20.8. The third kappa shape index (κ3) is 5.13. The Morgan fingerprint density at radius 3 is 2.58 bits per heavy atom. The number of hydrogen-bond donors (Lipinski definition) is 3. The normalized spacial score (nSPS) is 11.9. The van der Waals surface area contributed by atoms with Gasteiger partial charge in [0.25, 0.3) is 0 Å². The highest BCUT2D eigenvalue weighted by Gasteiger charge is 2.24. The van der Waals surface area contributed by atoms with Gasteiger partial charge >= 0.3 is 0 Å². The zero-order valence-corrected chi connectivity index (χ0v) is 21.7. The van der Waals surface area contributed by atoms with E-state index in [0.29, 0.717) is 29.3 Å². The van der Waals surface area contributed by atoms with Gasteiger partial charge in [0.1, 0.15) is 5.82 Å². The Labute approximate surface area is 209 Å². The highest BCUT2D eigenvalue weighted by atomic mass is 31.2. The molecule has 0 fully saturated rings. The molecule has 0 saturated heterocycles. The molecule has 2 aromatic heterocycles. The molecule has 2 heterocycles. The van der Waals surface area contributed by atoms with Gasteiger partial charge in [0.2, 0.25) is 13.1 Å². The molecule has 0 aliphatic carbocycles. The smallest absolute Gasteiger partial charge is 0.242 e. The van der Waals surface area contributed by atoms with E-state index in [2.05, 4.69) is 58.9 Å². The van der Waals surface area contributed by atoms with E-state index >= 15 is 0 Å². The van der Waals surface area contributed by atoms with E-state index in [4.69, 9.17) is 0 Å². The quantitative estimate of drug-likeness (QED) is 0.292. The third-order valence-corrected chi connectivity index (χ3v) is 7.97. The summed E-state index contributed by atoms with van der Waals surface area (Å²) < 4.78 is 29.1. The Balaban J connectivity index is 1.61. The van der Waals surface area contributed by atoms with Crippen LogP contribution in [0, 0.1) is 5.82 Å². The number of allylic oxidation sites excluding steroid dienone is 1. The highest BCUT2D eigenvalue weighted by molar-refractivity contribution is 7.67. The summed E-state index contributed by atoms with van der Waals surface area (Å²) in [7, 11) is 3.84. The van der Waals surface area contributed by atoms with Gasteiger partial charge in [-0.25, -0.2) is 19.0 Å². The molecular weight excluding hydrogens is 480 g/mol. The van der Waals surface area contributed by atoms with Gasteiger partial charge in [-0.15, -0.1) is 5.10 Å². The lowest BCUT2D eigenvalue weighted by Crippen LogP contribution is -2.27. The van der Waals surface area contributed by atoms with Crippen LogP contribution in [0.5, 0.6) is 0 Å². The minimum absolute atomic E-state index is 0.0689. The Hall–Kier alpha value is -3.66. The van der Waals surface area contributed by atoms with Gasteiger partial charge in [0.15, 0.2) is 11.5 Å². The van der Waals surface area contributed by atoms with E-state index in [9.17, 15) is 8.96 Å². The van der Waals surface area contributed by atoms with Crippen LogP contribution in [0.3, 0.4) is 0 Å². The maximum atomic E-state index is 14.7. The first-order chi connectivity index (χ1) is 17.3. The van der Waals surface area contributed by atoms with Gasteiger partial charge in [-0.05, 0) is 62.5 Å². The van der Waals surface area contributed by atoms with Gasteiger partial charge in [-0.3, -0.25) is 14.7 Å². The van der Waals surface area contributed by atoms with E-state index in [1.165, 1.54) is 32.4 Å². The maximum absolute atomic E-state index is 14.7. The first-order valence-corrected chi connectivity index (χ1v) is 13.0. The predicted molar refractivity (Wildman–Crippen MR) is 143 cm³/mol. The predicted octanol–water partition coefficient (Wildman–Crippen LogP) is 3.51. The fourth-order valence-corrected chi connectivity index (χ4v) is 5.21. The van der Waals surface area contributed by atoms with E-state index in [0.717, 1.165) is 16.8 Å². The highest BCUT2D eigenvalue weighted by Crippen LogP contribution is 2.34. The number of anilines is 3. The second kappa shape index (κ2) is 10.5. The second-order valence-electron chi connectivity index (χ2n) is 8.28. The van der Waals surface area contributed by atoms with E-state index in [-0.39, 0.29) is 5.30 Å². The van der Waals surface area contributed by atoms with Crippen LogP contribution in [0.15, 0.2) is 48.7 Å². The summed E-state index contributed by atoms with van der Waals surface area (Å²) in [6, 6.07) is 10.6. The Morgan fingerprint density at radius 1 is 1.14 bits per heavy atom. The number of halogens is 1. The van der Waals surface area contributed by atoms with Crippen molar-refractivity contribution in [1.29, 1.82) is 0 Å². The van der Waals surface area contributed by atoms with Crippen LogP contribution in [-0.2, 0) is 11.1 Å². The lowest BCUT2D eigenvalue weighted by Gasteiger charge is -2.17. The van der Waals surface area contributed by atoms with E-state index < -0.39 is 13.3 Å². The summed E-state index contributed by atoms with van der Waals surface area (Å²) in [5.41, 5.74) is 4.60. The molecule has 4 aromatic rings. The van der Waals surface area contributed by atoms with E-state index in [1.807, 2.05) is 33.2 Å². The van der Waals surface area contributed by atoms with Crippen molar-refractivity contribution in [3.05, 3.63) is 65.6 Å². The maximum Gasteiger partial charge on any atom is 0.242 e. The molecule has 0 spiro atoms. The van der Waals surface area contributed by atoms with Crippen LogP contribution in [0.2, 0.25) is 0 Å². The molecule has 12 heteroatoms. The van der Waals surface area contributed by atoms with Crippen LogP contribution in [-0.4, -0.2) is 53.2 Å². The van der Waals surface area contributed by atoms with Crippen molar-refractivity contribution in [1.82, 2.24) is 35.1 Å². The molecule has 188 valence electrons. The monoisotopic (exact) mass is 509 g/mol. The van der Waals surface area contributed by atoms with Gasteiger partial charge in [-0.2, -0.15) is 0 Å². The number of nitrogens with one attached hydrogen (secondary N) is 3. The summed E-state index contributed by atoms with van der Waals surface area (Å²) in [6.07, 6.45) is 5.58. The SMILES string of the molecule is C/C=C\c1cc(Cn2nnc3ncc(Nc4ccc(P(=O)(NC)NC)c(F)c4)nc32)ccc1N(C)C. The van der Waals surface area contributed by atoms with Crippen molar-refractivity contribution >= 4 is 47.3 Å². The van der Waals surface area contributed by atoms with Gasteiger partial charge in [0.05, 0.1) is 18.0 Å². The van der Waals surface area contributed by atoms with Crippen molar-refractivity contribution in [3.8, 4) is 0 Å². The summed E-state index contributed by atoms with van der Waals surface area (Å²) in [5, 5.41) is 16.8. The average Bonchev–Trinajstić information content (AvgIpc) is 3.25. The van der Waals surface area contributed by atoms with Crippen LogP contribution in [0.1, 0.15) is 18.1 Å². The zero-order chi connectivity index (χ0) is 25.9. The van der Waals surface area contributed by atoms with Crippen LogP contribution >= 0.6 is 7.44 Å². The first-order valence-electron chi connectivity index (χ1n) is 11.3. The van der Waals surface area contributed by atoms with Gasteiger partial charge in [0, 0.05) is 25.5 Å². The first kappa shape index (κ1) is 25.4. The van der Waals surface area contributed by atoms with Gasteiger partial charge < -0.3 is 10.2 Å². The molecule has 10 nitrogen and oxygen atoms in total. The molecule has 0 aliphatic heterocycles.